The fraction of sp³-hybridized carbons (Fsp3) is 0.562. The Kier molecular flexibility index (Phi) is 7.79. The van der Waals surface area contributed by atoms with Gasteiger partial charge in [0.05, 0.1) is 13.7 Å². The predicted molar refractivity (Wildman–Crippen MR) is 81.4 cm³/mol. The number of esters is 1. The lowest BCUT2D eigenvalue weighted by atomic mass is 10.1. The van der Waals surface area contributed by atoms with Crippen LogP contribution in [0.25, 0.3) is 0 Å². The summed E-state index contributed by atoms with van der Waals surface area (Å²) in [6.07, 6.45) is 1.19. The van der Waals surface area contributed by atoms with Crippen LogP contribution in [0, 0.1) is 0 Å². The molecule has 0 aliphatic carbocycles. The van der Waals surface area contributed by atoms with Gasteiger partial charge in [-0.25, -0.2) is 0 Å². The van der Waals surface area contributed by atoms with Crippen molar-refractivity contribution in [3.63, 3.8) is 0 Å². The minimum absolute atomic E-state index is 0.141. The number of rotatable bonds is 9. The number of methoxy groups -OCH3 is 1. The van der Waals surface area contributed by atoms with Crippen LogP contribution in [-0.4, -0.2) is 43.5 Å². The molecule has 1 aromatic carbocycles. The highest BCUT2D eigenvalue weighted by atomic mass is 16.5. The van der Waals surface area contributed by atoms with E-state index in [0.717, 1.165) is 11.3 Å². The van der Waals surface area contributed by atoms with Crippen molar-refractivity contribution in [1.82, 2.24) is 5.32 Å². The molecule has 1 rings (SSSR count). The number of ether oxygens (including phenoxy) is 2. The van der Waals surface area contributed by atoms with E-state index < -0.39 is 0 Å². The van der Waals surface area contributed by atoms with E-state index in [9.17, 15) is 4.79 Å². The van der Waals surface area contributed by atoms with Crippen molar-refractivity contribution in [2.45, 2.75) is 38.8 Å². The summed E-state index contributed by atoms with van der Waals surface area (Å²) in [5.74, 6) is 0.482. The summed E-state index contributed by atoms with van der Waals surface area (Å²) < 4.78 is 10.4. The Labute approximate surface area is 126 Å². The van der Waals surface area contributed by atoms with Crippen LogP contribution in [0.15, 0.2) is 24.3 Å². The first-order valence-electron chi connectivity index (χ1n) is 7.23. The summed E-state index contributed by atoms with van der Waals surface area (Å²) in [6, 6.07) is 7.43. The average molecular weight is 295 g/mol. The maximum atomic E-state index is 11.6. The van der Waals surface area contributed by atoms with E-state index in [1.54, 1.807) is 0 Å². The molecule has 0 bridgehead atoms. The van der Waals surface area contributed by atoms with Crippen molar-refractivity contribution in [1.29, 1.82) is 0 Å². The normalized spacial score (nSPS) is 12.2. The number of hydrogen-bond acceptors (Lipinski definition) is 5. The molecule has 0 aliphatic rings. The molecule has 0 amide bonds. The Bertz CT molecular complexity index is 417. The van der Waals surface area contributed by atoms with Gasteiger partial charge in [0.2, 0.25) is 0 Å². The SMILES string of the molecule is COC(=O)C(CCOc1ccc(CCO)cc1)NC(C)C. The maximum absolute atomic E-state index is 11.6. The quantitative estimate of drug-likeness (QED) is 0.676. The summed E-state index contributed by atoms with van der Waals surface area (Å²) in [6.45, 7) is 4.54. The topological polar surface area (TPSA) is 67.8 Å². The van der Waals surface area contributed by atoms with Gasteiger partial charge >= 0.3 is 5.97 Å². The number of nitrogens with one attached hydrogen (secondary N) is 1. The van der Waals surface area contributed by atoms with Crippen molar-refractivity contribution in [2.75, 3.05) is 20.3 Å². The van der Waals surface area contributed by atoms with Gasteiger partial charge in [-0.15, -0.1) is 0 Å². The van der Waals surface area contributed by atoms with E-state index in [4.69, 9.17) is 14.6 Å². The average Bonchev–Trinajstić information content (AvgIpc) is 2.47. The Morgan fingerprint density at radius 2 is 1.95 bits per heavy atom. The molecule has 0 aliphatic heterocycles. The fourth-order valence-electron chi connectivity index (χ4n) is 1.99. The number of benzene rings is 1. The highest BCUT2D eigenvalue weighted by molar-refractivity contribution is 5.75. The van der Waals surface area contributed by atoms with Gasteiger partial charge in [-0.3, -0.25) is 4.79 Å². The Morgan fingerprint density at radius 3 is 2.48 bits per heavy atom. The Hall–Kier alpha value is -1.59. The second-order valence-electron chi connectivity index (χ2n) is 5.15. The van der Waals surface area contributed by atoms with Crippen molar-refractivity contribution in [3.05, 3.63) is 29.8 Å². The minimum Gasteiger partial charge on any atom is -0.494 e. The van der Waals surface area contributed by atoms with Crippen LogP contribution < -0.4 is 10.1 Å². The van der Waals surface area contributed by atoms with E-state index >= 15 is 0 Å². The highest BCUT2D eigenvalue weighted by Crippen LogP contribution is 2.13. The lowest BCUT2D eigenvalue weighted by molar-refractivity contribution is -0.143. The zero-order valence-electron chi connectivity index (χ0n) is 13.0. The van der Waals surface area contributed by atoms with E-state index in [0.29, 0.717) is 19.4 Å². The van der Waals surface area contributed by atoms with Crippen molar-refractivity contribution in [2.24, 2.45) is 0 Å². The molecule has 1 unspecified atom stereocenters. The number of aliphatic hydroxyl groups excluding tert-OH is 1. The lowest BCUT2D eigenvalue weighted by Gasteiger charge is -2.19. The monoisotopic (exact) mass is 295 g/mol. The first-order chi connectivity index (χ1) is 10.1. The molecule has 0 saturated carbocycles. The zero-order chi connectivity index (χ0) is 15.7. The molecule has 1 atom stereocenters. The fourth-order valence-corrected chi connectivity index (χ4v) is 1.99. The van der Waals surface area contributed by atoms with Crippen LogP contribution in [0.1, 0.15) is 25.8 Å². The summed E-state index contributed by atoms with van der Waals surface area (Å²) in [5, 5.41) is 12.0. The van der Waals surface area contributed by atoms with E-state index in [-0.39, 0.29) is 24.7 Å². The van der Waals surface area contributed by atoms with Gasteiger partial charge in [0, 0.05) is 19.1 Å². The first kappa shape index (κ1) is 17.5. The van der Waals surface area contributed by atoms with Gasteiger partial charge in [0.15, 0.2) is 0 Å². The third-order valence-electron chi connectivity index (χ3n) is 3.02. The summed E-state index contributed by atoms with van der Waals surface area (Å²) in [7, 11) is 1.39. The van der Waals surface area contributed by atoms with Crippen LogP contribution in [0.3, 0.4) is 0 Å². The van der Waals surface area contributed by atoms with Gasteiger partial charge in [0.1, 0.15) is 11.8 Å². The van der Waals surface area contributed by atoms with Crippen molar-refractivity contribution < 1.29 is 19.4 Å². The summed E-state index contributed by atoms with van der Waals surface area (Å²) >= 11 is 0. The maximum Gasteiger partial charge on any atom is 0.322 e. The molecule has 5 heteroatoms. The number of carbonyl (C=O) groups excluding carboxylic acids is 1. The first-order valence-corrected chi connectivity index (χ1v) is 7.23. The number of hydrogen-bond donors (Lipinski definition) is 2. The summed E-state index contributed by atoms with van der Waals surface area (Å²) in [4.78, 5) is 11.6. The highest BCUT2D eigenvalue weighted by Gasteiger charge is 2.19. The lowest BCUT2D eigenvalue weighted by Crippen LogP contribution is -2.42. The van der Waals surface area contributed by atoms with Crippen LogP contribution in [-0.2, 0) is 16.0 Å². The molecule has 118 valence electrons. The van der Waals surface area contributed by atoms with Gasteiger partial charge < -0.3 is 19.9 Å². The molecule has 0 saturated heterocycles. The second-order valence-corrected chi connectivity index (χ2v) is 5.15. The number of aliphatic hydroxyl groups is 1. The van der Waals surface area contributed by atoms with Gasteiger partial charge in [-0.05, 0) is 24.1 Å². The van der Waals surface area contributed by atoms with E-state index in [2.05, 4.69) is 5.32 Å². The third-order valence-corrected chi connectivity index (χ3v) is 3.02. The molecule has 0 aromatic heterocycles. The van der Waals surface area contributed by atoms with Gasteiger partial charge in [0.25, 0.3) is 0 Å². The van der Waals surface area contributed by atoms with Crippen LogP contribution in [0.4, 0.5) is 0 Å². The molecule has 0 spiro atoms. The van der Waals surface area contributed by atoms with E-state index in [1.165, 1.54) is 7.11 Å². The van der Waals surface area contributed by atoms with Gasteiger partial charge in [-0.2, -0.15) is 0 Å². The standard InChI is InChI=1S/C16H25NO4/c1-12(2)17-15(16(19)20-3)9-11-21-14-6-4-13(5-7-14)8-10-18/h4-7,12,15,17-18H,8-11H2,1-3H3. The smallest absolute Gasteiger partial charge is 0.322 e. The van der Waals surface area contributed by atoms with Crippen LogP contribution in [0.5, 0.6) is 5.75 Å². The molecule has 2 N–H and O–H groups in total. The molecule has 1 aromatic rings. The molecular formula is C16H25NO4. The predicted octanol–water partition coefficient (Wildman–Crippen LogP) is 1.53. The molecule has 0 fully saturated rings. The molecule has 5 nitrogen and oxygen atoms in total. The second kappa shape index (κ2) is 9.37. The Balaban J connectivity index is 2.43. The van der Waals surface area contributed by atoms with Crippen LogP contribution in [0.2, 0.25) is 0 Å². The van der Waals surface area contributed by atoms with Gasteiger partial charge in [-0.1, -0.05) is 26.0 Å². The molecular weight excluding hydrogens is 270 g/mol. The molecule has 21 heavy (non-hydrogen) atoms. The van der Waals surface area contributed by atoms with Crippen molar-refractivity contribution in [3.8, 4) is 5.75 Å². The number of carbonyl (C=O) groups is 1. The summed E-state index contributed by atoms with van der Waals surface area (Å²) in [5.41, 5.74) is 1.07. The van der Waals surface area contributed by atoms with Crippen molar-refractivity contribution >= 4 is 5.97 Å². The largest absolute Gasteiger partial charge is 0.494 e. The molecule has 0 heterocycles. The van der Waals surface area contributed by atoms with E-state index in [1.807, 2.05) is 38.1 Å². The van der Waals surface area contributed by atoms with Crippen LogP contribution >= 0.6 is 0 Å². The molecule has 0 radical (unpaired) electrons. The Morgan fingerprint density at radius 1 is 1.29 bits per heavy atom. The third kappa shape index (κ3) is 6.60. The minimum atomic E-state index is -0.358. The zero-order valence-corrected chi connectivity index (χ0v) is 13.0.